The predicted octanol–water partition coefficient (Wildman–Crippen LogP) is 3.70. The third-order valence-corrected chi connectivity index (χ3v) is 6.89. The number of benzene rings is 2. The molecule has 4 rings (SSSR count). The van der Waals surface area contributed by atoms with Crippen LogP contribution in [0.1, 0.15) is 32.8 Å². The van der Waals surface area contributed by atoms with Crippen molar-refractivity contribution in [3.8, 4) is 6.07 Å². The third kappa shape index (κ3) is 6.31. The van der Waals surface area contributed by atoms with Crippen molar-refractivity contribution in [3.05, 3.63) is 93.7 Å². The lowest BCUT2D eigenvalue weighted by Gasteiger charge is -2.27. The summed E-state index contributed by atoms with van der Waals surface area (Å²) in [6.07, 6.45) is 1.33. The van der Waals surface area contributed by atoms with Gasteiger partial charge in [0.2, 0.25) is 5.91 Å². The molecule has 2 heterocycles. The van der Waals surface area contributed by atoms with E-state index in [1.807, 2.05) is 70.9 Å². The molecule has 0 bridgehead atoms. The summed E-state index contributed by atoms with van der Waals surface area (Å²) in [6, 6.07) is 22.6. The molecule has 1 fully saturated rings. The van der Waals surface area contributed by atoms with Gasteiger partial charge in [0, 0.05) is 39.1 Å². The van der Waals surface area contributed by atoms with Crippen molar-refractivity contribution in [2.75, 3.05) is 26.2 Å². The Morgan fingerprint density at radius 1 is 0.941 bits per heavy atom. The zero-order valence-electron chi connectivity index (χ0n) is 19.0. The molecule has 1 unspecified atom stereocenters. The van der Waals surface area contributed by atoms with Crippen LogP contribution in [0.5, 0.6) is 0 Å². The Bertz CT molecular complexity index is 1120. The normalized spacial score (nSPS) is 15.2. The number of thiophene rings is 1. The molecule has 3 aromatic rings. The molecule has 0 radical (unpaired) electrons. The lowest BCUT2D eigenvalue weighted by Crippen LogP contribution is -2.50. The van der Waals surface area contributed by atoms with Crippen LogP contribution in [0.25, 0.3) is 0 Å². The lowest BCUT2D eigenvalue weighted by molar-refractivity contribution is -0.133. The lowest BCUT2D eigenvalue weighted by atomic mass is 10.0. The van der Waals surface area contributed by atoms with Crippen molar-refractivity contribution in [2.24, 2.45) is 0 Å². The van der Waals surface area contributed by atoms with Gasteiger partial charge < -0.3 is 10.2 Å². The van der Waals surface area contributed by atoms with Crippen LogP contribution in [0.3, 0.4) is 0 Å². The van der Waals surface area contributed by atoms with E-state index in [1.54, 1.807) is 6.07 Å². The van der Waals surface area contributed by atoms with Gasteiger partial charge >= 0.3 is 0 Å². The van der Waals surface area contributed by atoms with Gasteiger partial charge in [-0.15, -0.1) is 11.3 Å². The number of hydrogen-bond donors (Lipinski definition) is 1. The molecule has 1 aliphatic rings. The molecule has 0 saturated carbocycles. The number of rotatable bonds is 7. The van der Waals surface area contributed by atoms with Crippen LogP contribution in [0, 0.1) is 11.3 Å². The molecule has 1 atom stereocenters. The zero-order valence-corrected chi connectivity index (χ0v) is 19.8. The summed E-state index contributed by atoms with van der Waals surface area (Å²) in [5.41, 5.74) is 2.83. The molecule has 2 amide bonds. The summed E-state index contributed by atoms with van der Waals surface area (Å²) in [7, 11) is 0. The summed E-state index contributed by atoms with van der Waals surface area (Å²) in [5, 5.41) is 13.8. The second-order valence-electron chi connectivity index (χ2n) is 8.46. The van der Waals surface area contributed by atoms with Gasteiger partial charge in [-0.1, -0.05) is 48.5 Å². The molecular weight excluding hydrogens is 444 g/mol. The molecule has 7 heteroatoms. The standard InChI is InChI=1S/C27H28N4O2S/c28-19-22-9-11-23(12-10-22)20-30-13-5-14-31(16-15-30)27(33)24(18-21-6-2-1-3-7-21)29-26(32)25-8-4-17-34-25/h1-4,6-12,17,24H,5,13-16,18,20H2,(H,29,32). The van der Waals surface area contributed by atoms with E-state index in [2.05, 4.69) is 16.3 Å². The maximum Gasteiger partial charge on any atom is 0.262 e. The van der Waals surface area contributed by atoms with E-state index in [4.69, 9.17) is 5.26 Å². The highest BCUT2D eigenvalue weighted by molar-refractivity contribution is 7.12. The first kappa shape index (κ1) is 23.7. The maximum atomic E-state index is 13.6. The van der Waals surface area contributed by atoms with E-state index in [0.717, 1.165) is 37.2 Å². The Hall–Kier alpha value is -3.47. The second kappa shape index (κ2) is 11.6. The summed E-state index contributed by atoms with van der Waals surface area (Å²) < 4.78 is 0. The van der Waals surface area contributed by atoms with E-state index in [1.165, 1.54) is 11.3 Å². The number of carbonyl (C=O) groups is 2. The maximum absolute atomic E-state index is 13.6. The summed E-state index contributed by atoms with van der Waals surface area (Å²) in [6.45, 7) is 3.74. The number of nitriles is 1. The van der Waals surface area contributed by atoms with E-state index >= 15 is 0 Å². The van der Waals surface area contributed by atoms with Crippen LogP contribution in [-0.4, -0.2) is 53.8 Å². The van der Waals surface area contributed by atoms with Crippen molar-refractivity contribution in [2.45, 2.75) is 25.4 Å². The highest BCUT2D eigenvalue weighted by atomic mass is 32.1. The average molecular weight is 473 g/mol. The van der Waals surface area contributed by atoms with E-state index < -0.39 is 6.04 Å². The molecule has 0 aliphatic carbocycles. The highest BCUT2D eigenvalue weighted by Gasteiger charge is 2.28. The summed E-state index contributed by atoms with van der Waals surface area (Å²) in [5.74, 6) is -0.240. The van der Waals surface area contributed by atoms with Gasteiger partial charge in [0.25, 0.3) is 5.91 Å². The fourth-order valence-electron chi connectivity index (χ4n) is 4.20. The van der Waals surface area contributed by atoms with Gasteiger partial charge in [-0.3, -0.25) is 14.5 Å². The van der Waals surface area contributed by atoms with E-state index in [9.17, 15) is 9.59 Å². The molecule has 1 saturated heterocycles. The van der Waals surface area contributed by atoms with Gasteiger partial charge in [0.15, 0.2) is 0 Å². The molecule has 2 aromatic carbocycles. The first-order chi connectivity index (χ1) is 16.6. The van der Waals surface area contributed by atoms with Gasteiger partial charge in [-0.05, 0) is 41.1 Å². The van der Waals surface area contributed by atoms with Crippen LogP contribution in [0.15, 0.2) is 72.1 Å². The van der Waals surface area contributed by atoms with Crippen LogP contribution >= 0.6 is 11.3 Å². The Morgan fingerprint density at radius 2 is 1.74 bits per heavy atom. The number of amides is 2. The molecule has 174 valence electrons. The summed E-state index contributed by atoms with van der Waals surface area (Å²) >= 11 is 1.37. The highest BCUT2D eigenvalue weighted by Crippen LogP contribution is 2.14. The first-order valence-electron chi connectivity index (χ1n) is 11.5. The molecule has 0 spiro atoms. The fourth-order valence-corrected chi connectivity index (χ4v) is 4.83. The molecule has 1 aliphatic heterocycles. The number of nitrogens with one attached hydrogen (secondary N) is 1. The van der Waals surface area contributed by atoms with Crippen LogP contribution < -0.4 is 5.32 Å². The van der Waals surface area contributed by atoms with Crippen molar-refractivity contribution in [1.29, 1.82) is 5.26 Å². The quantitative estimate of drug-likeness (QED) is 0.569. The minimum atomic E-state index is -0.609. The van der Waals surface area contributed by atoms with Crippen LogP contribution in [0.2, 0.25) is 0 Å². The zero-order chi connectivity index (χ0) is 23.8. The Labute approximate surface area is 204 Å². The first-order valence-corrected chi connectivity index (χ1v) is 12.4. The topological polar surface area (TPSA) is 76.4 Å². The van der Waals surface area contributed by atoms with Crippen LogP contribution in [-0.2, 0) is 17.8 Å². The predicted molar refractivity (Wildman–Crippen MR) is 133 cm³/mol. The minimum absolute atomic E-state index is 0.0333. The smallest absolute Gasteiger partial charge is 0.262 e. The van der Waals surface area contributed by atoms with Gasteiger partial charge in [-0.25, -0.2) is 0 Å². The Morgan fingerprint density at radius 3 is 2.44 bits per heavy atom. The van der Waals surface area contributed by atoms with E-state index in [-0.39, 0.29) is 11.8 Å². The van der Waals surface area contributed by atoms with Crippen molar-refractivity contribution < 1.29 is 9.59 Å². The van der Waals surface area contributed by atoms with Crippen molar-refractivity contribution in [1.82, 2.24) is 15.1 Å². The van der Waals surface area contributed by atoms with Crippen molar-refractivity contribution >= 4 is 23.2 Å². The largest absolute Gasteiger partial charge is 0.340 e. The van der Waals surface area contributed by atoms with Crippen LogP contribution in [0.4, 0.5) is 0 Å². The van der Waals surface area contributed by atoms with Crippen molar-refractivity contribution in [3.63, 3.8) is 0 Å². The van der Waals surface area contributed by atoms with E-state index in [0.29, 0.717) is 30.0 Å². The number of carbonyl (C=O) groups excluding carboxylic acids is 2. The molecule has 1 N–H and O–H groups in total. The number of nitrogens with zero attached hydrogens (tertiary/aromatic N) is 3. The third-order valence-electron chi connectivity index (χ3n) is 6.02. The monoisotopic (exact) mass is 472 g/mol. The second-order valence-corrected chi connectivity index (χ2v) is 9.40. The van der Waals surface area contributed by atoms with Gasteiger partial charge in [0.1, 0.15) is 6.04 Å². The average Bonchev–Trinajstić information content (AvgIpc) is 3.32. The molecule has 6 nitrogen and oxygen atoms in total. The van der Waals surface area contributed by atoms with Gasteiger partial charge in [-0.2, -0.15) is 5.26 Å². The minimum Gasteiger partial charge on any atom is -0.340 e. The molecule has 34 heavy (non-hydrogen) atoms. The molecular formula is C27H28N4O2S. The SMILES string of the molecule is N#Cc1ccc(CN2CCCN(C(=O)C(Cc3ccccc3)NC(=O)c3cccs3)CC2)cc1. The Balaban J connectivity index is 1.41. The number of hydrogen-bond acceptors (Lipinski definition) is 5. The van der Waals surface area contributed by atoms with Gasteiger partial charge in [0.05, 0.1) is 16.5 Å². The summed E-state index contributed by atoms with van der Waals surface area (Å²) in [4.78, 5) is 31.2. The Kier molecular flexibility index (Phi) is 8.08. The fraction of sp³-hybridized carbons (Fsp3) is 0.296. The molecule has 1 aromatic heterocycles.